The van der Waals surface area contributed by atoms with Crippen LogP contribution in [-0.4, -0.2) is 31.6 Å². The molecule has 0 aliphatic heterocycles. The topological polar surface area (TPSA) is 125 Å². The molecule has 0 spiro atoms. The van der Waals surface area contributed by atoms with Gasteiger partial charge >= 0.3 is 12.1 Å². The van der Waals surface area contributed by atoms with E-state index in [1.54, 1.807) is 12.1 Å². The fourth-order valence-corrected chi connectivity index (χ4v) is 2.55. The molecular formula is C21H19F4N7O2. The highest BCUT2D eigenvalue weighted by Crippen LogP contribution is 2.31. The molecule has 3 aromatic rings. The van der Waals surface area contributed by atoms with Gasteiger partial charge in [0.15, 0.2) is 11.6 Å². The van der Waals surface area contributed by atoms with Crippen molar-refractivity contribution in [2.75, 3.05) is 10.6 Å². The van der Waals surface area contributed by atoms with Crippen LogP contribution in [0.3, 0.4) is 0 Å². The van der Waals surface area contributed by atoms with Crippen LogP contribution in [0, 0.1) is 5.82 Å². The van der Waals surface area contributed by atoms with E-state index in [0.717, 1.165) is 18.3 Å². The number of azo groups is 1. The molecule has 0 radical (unpaired) electrons. The van der Waals surface area contributed by atoms with Crippen molar-refractivity contribution in [1.29, 1.82) is 0 Å². The molecule has 0 atom stereocenters. The molecule has 3 N–H and O–H groups in total. The summed E-state index contributed by atoms with van der Waals surface area (Å²) in [4.78, 5) is 22.9. The maximum absolute atomic E-state index is 13.9. The smallest absolute Gasteiger partial charge is 0.416 e. The number of carbonyl (C=O) groups is 1. The monoisotopic (exact) mass is 477 g/mol. The number of carboxylic acids is 1. The lowest BCUT2D eigenvalue weighted by Crippen LogP contribution is -2.40. The summed E-state index contributed by atoms with van der Waals surface area (Å²) >= 11 is 0. The molecule has 2 heterocycles. The molecule has 9 nitrogen and oxygen atoms in total. The number of benzene rings is 1. The van der Waals surface area contributed by atoms with Crippen LogP contribution >= 0.6 is 0 Å². The van der Waals surface area contributed by atoms with Crippen LogP contribution in [0.1, 0.15) is 25.1 Å². The molecule has 2 aromatic heterocycles. The standard InChI is InChI=1S/C21H19F4N7O2/c1-20(2,18(33)34)31-17-16(22)11-27-19(30-17)32-28-10-14-6-7-15(9-26-14)29-13-5-3-4-12(8-13)21(23,24)25/h3-9,11,29H,10H2,1-2H3,(H,33,34)(H,27,30,31). The quantitative estimate of drug-likeness (QED) is 0.296. The minimum atomic E-state index is -4.44. The first-order valence-corrected chi connectivity index (χ1v) is 9.75. The predicted molar refractivity (Wildman–Crippen MR) is 115 cm³/mol. The van der Waals surface area contributed by atoms with Crippen molar-refractivity contribution < 1.29 is 27.5 Å². The van der Waals surface area contributed by atoms with Crippen molar-refractivity contribution in [3.05, 3.63) is 65.9 Å². The Hall–Kier alpha value is -4.16. The van der Waals surface area contributed by atoms with Crippen molar-refractivity contribution in [3.63, 3.8) is 0 Å². The average molecular weight is 477 g/mol. The Balaban J connectivity index is 1.63. The van der Waals surface area contributed by atoms with Gasteiger partial charge in [0, 0.05) is 5.69 Å². The van der Waals surface area contributed by atoms with Gasteiger partial charge in [-0.25, -0.2) is 14.2 Å². The fourth-order valence-electron chi connectivity index (χ4n) is 2.55. The van der Waals surface area contributed by atoms with E-state index in [2.05, 4.69) is 35.8 Å². The Bertz CT molecular complexity index is 1200. The summed E-state index contributed by atoms with van der Waals surface area (Å²) < 4.78 is 52.4. The molecule has 0 saturated heterocycles. The molecule has 0 fully saturated rings. The third kappa shape index (κ3) is 6.43. The fraction of sp³-hybridized carbons (Fsp3) is 0.238. The van der Waals surface area contributed by atoms with Crippen molar-refractivity contribution in [2.45, 2.75) is 32.1 Å². The second-order valence-electron chi connectivity index (χ2n) is 7.56. The van der Waals surface area contributed by atoms with Crippen LogP contribution in [0.25, 0.3) is 0 Å². The average Bonchev–Trinajstić information content (AvgIpc) is 2.76. The van der Waals surface area contributed by atoms with E-state index in [-0.39, 0.29) is 24.0 Å². The highest BCUT2D eigenvalue weighted by atomic mass is 19.4. The SMILES string of the molecule is CC(C)(Nc1nc(N=NCc2ccc(Nc3cccc(C(F)(F)F)c3)cn2)ncc1F)C(=O)O. The second-order valence-corrected chi connectivity index (χ2v) is 7.56. The molecule has 3 rings (SSSR count). The van der Waals surface area contributed by atoms with E-state index < -0.39 is 29.1 Å². The van der Waals surface area contributed by atoms with Gasteiger partial charge in [0.05, 0.1) is 29.3 Å². The second kappa shape index (κ2) is 9.77. The van der Waals surface area contributed by atoms with Crippen molar-refractivity contribution in [2.24, 2.45) is 10.2 Å². The van der Waals surface area contributed by atoms with Crippen molar-refractivity contribution in [1.82, 2.24) is 15.0 Å². The number of aromatic nitrogens is 3. The summed E-state index contributed by atoms with van der Waals surface area (Å²) in [7, 11) is 0. The minimum Gasteiger partial charge on any atom is -0.480 e. The number of pyridine rings is 1. The summed E-state index contributed by atoms with van der Waals surface area (Å²) in [5.74, 6) is -2.57. The van der Waals surface area contributed by atoms with Crippen LogP contribution in [-0.2, 0) is 17.5 Å². The number of rotatable bonds is 8. The van der Waals surface area contributed by atoms with Gasteiger partial charge < -0.3 is 15.7 Å². The maximum atomic E-state index is 13.9. The number of alkyl halides is 3. The number of halogens is 4. The largest absolute Gasteiger partial charge is 0.480 e. The van der Waals surface area contributed by atoms with Gasteiger partial charge in [-0.2, -0.15) is 23.3 Å². The van der Waals surface area contributed by atoms with Gasteiger partial charge in [0.2, 0.25) is 0 Å². The number of hydrogen-bond donors (Lipinski definition) is 3. The van der Waals surface area contributed by atoms with Crippen molar-refractivity contribution >= 4 is 29.1 Å². The summed E-state index contributed by atoms with van der Waals surface area (Å²) in [6, 6.07) is 7.99. The molecular weight excluding hydrogens is 458 g/mol. The summed E-state index contributed by atoms with van der Waals surface area (Å²) in [6.45, 7) is 2.71. The molecule has 0 aliphatic carbocycles. The molecule has 0 unspecified atom stereocenters. The summed E-state index contributed by atoms with van der Waals surface area (Å²) in [5, 5.41) is 22.1. The molecule has 13 heteroatoms. The first kappa shape index (κ1) is 24.5. The van der Waals surface area contributed by atoms with Crippen molar-refractivity contribution in [3.8, 4) is 0 Å². The predicted octanol–water partition coefficient (Wildman–Crippen LogP) is 5.33. The number of nitrogens with one attached hydrogen (secondary N) is 2. The Morgan fingerprint density at radius 2 is 1.85 bits per heavy atom. The minimum absolute atomic E-state index is 0.0218. The molecule has 0 saturated carbocycles. The number of hydrogen-bond acceptors (Lipinski definition) is 8. The zero-order chi connectivity index (χ0) is 24.9. The van der Waals surface area contributed by atoms with E-state index in [9.17, 15) is 22.4 Å². The Labute approximate surface area is 191 Å². The third-order valence-electron chi connectivity index (χ3n) is 4.39. The van der Waals surface area contributed by atoms with Gasteiger partial charge in [-0.3, -0.25) is 4.98 Å². The Morgan fingerprint density at radius 1 is 1.09 bits per heavy atom. The van der Waals surface area contributed by atoms with Crippen LogP contribution < -0.4 is 10.6 Å². The summed E-state index contributed by atoms with van der Waals surface area (Å²) in [6.07, 6.45) is -2.17. The van der Waals surface area contributed by atoms with E-state index in [4.69, 9.17) is 5.11 Å². The lowest BCUT2D eigenvalue weighted by atomic mass is 10.1. The third-order valence-corrected chi connectivity index (χ3v) is 4.39. The zero-order valence-corrected chi connectivity index (χ0v) is 17.9. The Morgan fingerprint density at radius 3 is 2.50 bits per heavy atom. The van der Waals surface area contributed by atoms with Gasteiger partial charge in [-0.1, -0.05) is 6.07 Å². The molecule has 0 bridgehead atoms. The van der Waals surface area contributed by atoms with E-state index in [0.29, 0.717) is 11.4 Å². The number of anilines is 3. The molecule has 1 aromatic carbocycles. The zero-order valence-electron chi connectivity index (χ0n) is 17.9. The number of aliphatic carboxylic acids is 1. The van der Waals surface area contributed by atoms with E-state index in [1.807, 2.05) is 0 Å². The maximum Gasteiger partial charge on any atom is 0.416 e. The molecule has 0 aliphatic rings. The van der Waals surface area contributed by atoms with Crippen LogP contribution in [0.4, 0.5) is 40.7 Å². The molecule has 0 amide bonds. The Kier molecular flexibility index (Phi) is 7.03. The van der Waals surface area contributed by atoms with E-state index >= 15 is 0 Å². The van der Waals surface area contributed by atoms with E-state index in [1.165, 1.54) is 32.2 Å². The van der Waals surface area contributed by atoms with Gasteiger partial charge in [0.25, 0.3) is 5.95 Å². The number of carboxylic acid groups (broad SMARTS) is 1. The highest BCUT2D eigenvalue weighted by molar-refractivity contribution is 5.81. The summed E-state index contributed by atoms with van der Waals surface area (Å²) in [5.41, 5.74) is -1.02. The van der Waals surface area contributed by atoms with Gasteiger partial charge in [0.1, 0.15) is 12.1 Å². The number of nitrogens with zero attached hydrogens (tertiary/aromatic N) is 5. The molecule has 34 heavy (non-hydrogen) atoms. The van der Waals surface area contributed by atoms with Gasteiger partial charge in [-0.05, 0) is 44.2 Å². The first-order chi connectivity index (χ1) is 15.9. The van der Waals surface area contributed by atoms with Crippen LogP contribution in [0.5, 0.6) is 0 Å². The van der Waals surface area contributed by atoms with Crippen LogP contribution in [0.15, 0.2) is 59.0 Å². The normalized spacial score (nSPS) is 12.1. The lowest BCUT2D eigenvalue weighted by molar-refractivity contribution is -0.141. The van der Waals surface area contributed by atoms with Crippen LogP contribution in [0.2, 0.25) is 0 Å². The first-order valence-electron chi connectivity index (χ1n) is 9.75. The lowest BCUT2D eigenvalue weighted by Gasteiger charge is -2.21. The van der Waals surface area contributed by atoms with Gasteiger partial charge in [-0.15, -0.1) is 5.11 Å². The molecule has 178 valence electrons. The highest BCUT2D eigenvalue weighted by Gasteiger charge is 2.30.